The quantitative estimate of drug-likeness (QED) is 0.795. The Morgan fingerprint density at radius 3 is 2.67 bits per heavy atom. The molecule has 2 unspecified atom stereocenters. The molecule has 0 amide bonds. The molecule has 0 heterocycles. The number of fused-ring (bicyclic) bond motifs is 1. The van der Waals surface area contributed by atoms with Gasteiger partial charge in [-0.1, -0.05) is 37.3 Å². The van der Waals surface area contributed by atoms with Gasteiger partial charge in [0.1, 0.15) is 0 Å². The standard InChI is InChI=1S/C18H25NOS/c1-3-12-19-15(2)7-6-13-21(20)18-11-10-16-8-4-5-9-17(16)14-18/h4-5,8-11,14-15,19H,3,6-7,12-13H2,1-2H3. The summed E-state index contributed by atoms with van der Waals surface area (Å²) in [5.74, 6) is 0.747. The van der Waals surface area contributed by atoms with E-state index in [4.69, 9.17) is 0 Å². The van der Waals surface area contributed by atoms with E-state index in [1.165, 1.54) is 10.8 Å². The SMILES string of the molecule is CCCNC(C)CCCS(=O)c1ccc2ccccc2c1. The van der Waals surface area contributed by atoms with Crippen molar-refractivity contribution < 1.29 is 4.21 Å². The van der Waals surface area contributed by atoms with Gasteiger partial charge in [-0.05, 0) is 55.6 Å². The first-order valence-corrected chi connectivity index (χ1v) is 9.13. The van der Waals surface area contributed by atoms with E-state index in [1.807, 2.05) is 18.2 Å². The summed E-state index contributed by atoms with van der Waals surface area (Å²) in [5, 5.41) is 5.84. The molecular weight excluding hydrogens is 278 g/mol. The number of hydrogen-bond donors (Lipinski definition) is 1. The van der Waals surface area contributed by atoms with Crippen LogP contribution in [0.1, 0.15) is 33.1 Å². The number of nitrogens with one attached hydrogen (secondary N) is 1. The third-order valence-electron chi connectivity index (χ3n) is 3.69. The zero-order valence-corrected chi connectivity index (χ0v) is 13.8. The van der Waals surface area contributed by atoms with Crippen molar-refractivity contribution >= 4 is 21.6 Å². The summed E-state index contributed by atoms with van der Waals surface area (Å²) in [4.78, 5) is 0.947. The summed E-state index contributed by atoms with van der Waals surface area (Å²) < 4.78 is 12.4. The Morgan fingerprint density at radius 1 is 1.14 bits per heavy atom. The van der Waals surface area contributed by atoms with E-state index in [0.717, 1.165) is 36.5 Å². The highest BCUT2D eigenvalue weighted by atomic mass is 32.2. The van der Waals surface area contributed by atoms with Gasteiger partial charge in [0.05, 0.1) is 10.8 Å². The third-order valence-corrected chi connectivity index (χ3v) is 5.13. The van der Waals surface area contributed by atoms with Crippen molar-refractivity contribution in [3.05, 3.63) is 42.5 Å². The fourth-order valence-electron chi connectivity index (χ4n) is 2.44. The van der Waals surface area contributed by atoms with Crippen LogP contribution in [-0.2, 0) is 10.8 Å². The molecule has 0 aliphatic rings. The summed E-state index contributed by atoms with van der Waals surface area (Å²) in [6, 6.07) is 14.9. The van der Waals surface area contributed by atoms with Gasteiger partial charge in [0.2, 0.25) is 0 Å². The Kier molecular flexibility index (Phi) is 6.40. The smallest absolute Gasteiger partial charge is 0.0529 e. The molecule has 0 saturated heterocycles. The first-order valence-electron chi connectivity index (χ1n) is 7.81. The van der Waals surface area contributed by atoms with Crippen molar-refractivity contribution in [3.63, 3.8) is 0 Å². The normalized spacial score (nSPS) is 14.2. The van der Waals surface area contributed by atoms with Crippen LogP contribution >= 0.6 is 0 Å². The van der Waals surface area contributed by atoms with E-state index in [9.17, 15) is 4.21 Å². The van der Waals surface area contributed by atoms with Crippen molar-refractivity contribution in [2.45, 2.75) is 44.0 Å². The van der Waals surface area contributed by atoms with Crippen LogP contribution in [0.3, 0.4) is 0 Å². The van der Waals surface area contributed by atoms with Crippen molar-refractivity contribution in [1.82, 2.24) is 5.32 Å². The maximum atomic E-state index is 12.4. The fraction of sp³-hybridized carbons (Fsp3) is 0.444. The van der Waals surface area contributed by atoms with Crippen molar-refractivity contribution in [1.29, 1.82) is 0 Å². The molecule has 21 heavy (non-hydrogen) atoms. The predicted octanol–water partition coefficient (Wildman–Crippen LogP) is 4.12. The zero-order chi connectivity index (χ0) is 15.1. The average Bonchev–Trinajstić information content (AvgIpc) is 2.52. The second-order valence-corrected chi connectivity index (χ2v) is 7.13. The lowest BCUT2D eigenvalue weighted by Gasteiger charge is -2.12. The molecule has 2 rings (SSSR count). The Labute approximate surface area is 130 Å². The van der Waals surface area contributed by atoms with Gasteiger partial charge in [0.25, 0.3) is 0 Å². The molecule has 0 aliphatic carbocycles. The third kappa shape index (κ3) is 4.94. The van der Waals surface area contributed by atoms with Crippen LogP contribution in [0.4, 0.5) is 0 Å². The lowest BCUT2D eigenvalue weighted by atomic mass is 10.1. The minimum atomic E-state index is -0.889. The summed E-state index contributed by atoms with van der Waals surface area (Å²) in [7, 11) is -0.889. The lowest BCUT2D eigenvalue weighted by molar-refractivity contribution is 0.509. The largest absolute Gasteiger partial charge is 0.314 e. The molecule has 1 N–H and O–H groups in total. The van der Waals surface area contributed by atoms with E-state index in [-0.39, 0.29) is 0 Å². The van der Waals surface area contributed by atoms with Crippen LogP contribution in [0.15, 0.2) is 47.4 Å². The molecule has 2 atom stereocenters. The molecule has 2 nitrogen and oxygen atoms in total. The monoisotopic (exact) mass is 303 g/mol. The Balaban J connectivity index is 1.87. The van der Waals surface area contributed by atoms with Gasteiger partial charge in [-0.2, -0.15) is 0 Å². The summed E-state index contributed by atoms with van der Waals surface area (Å²) in [6.07, 6.45) is 3.24. The number of hydrogen-bond acceptors (Lipinski definition) is 2. The molecule has 2 aromatic rings. The van der Waals surface area contributed by atoms with Crippen LogP contribution in [-0.4, -0.2) is 22.5 Å². The van der Waals surface area contributed by atoms with Crippen molar-refractivity contribution in [3.8, 4) is 0 Å². The molecule has 0 aromatic heterocycles. The Morgan fingerprint density at radius 2 is 1.90 bits per heavy atom. The van der Waals surface area contributed by atoms with Crippen LogP contribution in [0.5, 0.6) is 0 Å². The van der Waals surface area contributed by atoms with Crippen molar-refractivity contribution in [2.75, 3.05) is 12.3 Å². The average molecular weight is 303 g/mol. The second kappa shape index (κ2) is 8.30. The van der Waals surface area contributed by atoms with Gasteiger partial charge in [0.15, 0.2) is 0 Å². The van der Waals surface area contributed by atoms with E-state index in [1.54, 1.807) is 0 Å². The minimum absolute atomic E-state index is 0.513. The summed E-state index contributed by atoms with van der Waals surface area (Å²) in [6.45, 7) is 5.44. The first kappa shape index (κ1) is 16.2. The lowest BCUT2D eigenvalue weighted by Crippen LogP contribution is -2.26. The summed E-state index contributed by atoms with van der Waals surface area (Å²) in [5.41, 5.74) is 0. The maximum Gasteiger partial charge on any atom is 0.0529 e. The fourth-order valence-corrected chi connectivity index (χ4v) is 3.58. The van der Waals surface area contributed by atoms with Gasteiger partial charge in [-0.25, -0.2) is 0 Å². The van der Waals surface area contributed by atoms with Crippen molar-refractivity contribution in [2.24, 2.45) is 0 Å². The molecule has 0 fully saturated rings. The van der Waals surface area contributed by atoms with Crippen LogP contribution in [0.2, 0.25) is 0 Å². The van der Waals surface area contributed by atoms with E-state index < -0.39 is 10.8 Å². The van der Waals surface area contributed by atoms with E-state index in [0.29, 0.717) is 6.04 Å². The Bertz CT molecular complexity index is 597. The van der Waals surface area contributed by atoms with E-state index in [2.05, 4.69) is 43.4 Å². The molecule has 0 radical (unpaired) electrons. The van der Waals surface area contributed by atoms with Gasteiger partial charge in [0, 0.05) is 16.7 Å². The van der Waals surface area contributed by atoms with E-state index >= 15 is 0 Å². The van der Waals surface area contributed by atoms with Gasteiger partial charge in [-0.3, -0.25) is 4.21 Å². The maximum absolute atomic E-state index is 12.4. The molecule has 0 spiro atoms. The van der Waals surface area contributed by atoms with Gasteiger partial charge >= 0.3 is 0 Å². The Hall–Kier alpha value is -1.19. The highest BCUT2D eigenvalue weighted by Crippen LogP contribution is 2.18. The van der Waals surface area contributed by atoms with Crippen LogP contribution in [0.25, 0.3) is 10.8 Å². The van der Waals surface area contributed by atoms with Crippen LogP contribution in [0, 0.1) is 0 Å². The summed E-state index contributed by atoms with van der Waals surface area (Å²) >= 11 is 0. The van der Waals surface area contributed by atoms with Crippen LogP contribution < -0.4 is 5.32 Å². The van der Waals surface area contributed by atoms with Gasteiger partial charge < -0.3 is 5.32 Å². The molecule has 3 heteroatoms. The topological polar surface area (TPSA) is 29.1 Å². The molecule has 114 valence electrons. The highest BCUT2D eigenvalue weighted by Gasteiger charge is 2.06. The highest BCUT2D eigenvalue weighted by molar-refractivity contribution is 7.85. The molecular formula is C18H25NOS. The molecule has 0 saturated carbocycles. The van der Waals surface area contributed by atoms with Gasteiger partial charge in [-0.15, -0.1) is 0 Å². The minimum Gasteiger partial charge on any atom is -0.314 e. The molecule has 0 aliphatic heterocycles. The zero-order valence-electron chi connectivity index (χ0n) is 13.0. The second-order valence-electron chi connectivity index (χ2n) is 5.56. The molecule has 0 bridgehead atoms. The molecule has 2 aromatic carbocycles. The number of benzene rings is 2. The predicted molar refractivity (Wildman–Crippen MR) is 92.2 cm³/mol. The number of rotatable bonds is 8. The first-order chi connectivity index (χ1) is 10.2.